The van der Waals surface area contributed by atoms with Gasteiger partial charge in [0.05, 0.1) is 13.2 Å². The Morgan fingerprint density at radius 2 is 1.00 bits per heavy atom. The number of carbonyl (C=O) groups is 4. The second kappa shape index (κ2) is 34.4. The lowest BCUT2D eigenvalue weighted by atomic mass is 9.92. The van der Waals surface area contributed by atoms with Gasteiger partial charge in [-0.1, -0.05) is 162 Å². The van der Waals surface area contributed by atoms with E-state index in [0.717, 1.165) is 51.4 Å². The van der Waals surface area contributed by atoms with Crippen LogP contribution >= 0.6 is 0 Å². The predicted octanol–water partition coefficient (Wildman–Crippen LogP) is 5.79. The van der Waals surface area contributed by atoms with Gasteiger partial charge in [0.2, 0.25) is 17.7 Å². The van der Waals surface area contributed by atoms with Gasteiger partial charge in [-0.15, -0.1) is 0 Å². The Hall–Kier alpha value is -2.36. The molecule has 3 amide bonds. The van der Waals surface area contributed by atoms with E-state index >= 15 is 0 Å². The summed E-state index contributed by atoms with van der Waals surface area (Å²) in [6.07, 6.45) is 20.2. The number of carboxylic acids is 1. The van der Waals surface area contributed by atoms with Crippen LogP contribution in [0.1, 0.15) is 187 Å². The smallest absolute Gasteiger partial charge is 0.303 e. The summed E-state index contributed by atoms with van der Waals surface area (Å²) >= 11 is 0. The van der Waals surface area contributed by atoms with Crippen molar-refractivity contribution in [1.82, 2.24) is 16.0 Å². The number of rotatable bonds is 37. The third-order valence-corrected chi connectivity index (χ3v) is 11.4. The number of hydrogen-bond acceptors (Lipinski definition) is 10. The van der Waals surface area contributed by atoms with E-state index < -0.39 is 80.2 Å². The molecule has 1 fully saturated rings. The van der Waals surface area contributed by atoms with Crippen LogP contribution in [0.25, 0.3) is 0 Å². The summed E-state index contributed by atoms with van der Waals surface area (Å²) in [4.78, 5) is 51.6. The van der Waals surface area contributed by atoms with Crippen molar-refractivity contribution in [1.29, 1.82) is 0 Å². The molecular weight excluding hydrogens is 746 g/mol. The highest BCUT2D eigenvalue weighted by atomic mass is 16.7. The second-order valence-corrected chi connectivity index (χ2v) is 16.4. The third kappa shape index (κ3) is 24.0. The lowest BCUT2D eigenvalue weighted by molar-refractivity contribution is -0.301. The Labute approximate surface area is 349 Å². The monoisotopic (exact) mass is 830 g/mol. The number of unbranched alkanes of at least 4 members (excludes halogenated alkanes) is 21. The average Bonchev–Trinajstić information content (AvgIpc) is 3.21. The molecule has 1 aliphatic heterocycles. The molecule has 14 heteroatoms. The molecule has 0 aromatic heterocycles. The van der Waals surface area contributed by atoms with Crippen molar-refractivity contribution in [2.45, 2.75) is 230 Å². The maximum absolute atomic E-state index is 14.0. The molecule has 0 aliphatic carbocycles. The van der Waals surface area contributed by atoms with E-state index in [0.29, 0.717) is 12.8 Å². The maximum Gasteiger partial charge on any atom is 0.303 e. The SMILES string of the molecule is CCCCCCCCCCCCCCC(CCCCCCCCCCCCC)C(=O)N[C@@H](CO[C@H]1O[C@H](CO)[C@@H](O)[C@H](O)[C@@H]1O)C(=O)N[C@@H](CCC(=O)O)C(=O)NC. The van der Waals surface area contributed by atoms with Gasteiger partial charge in [-0.25, -0.2) is 0 Å². The van der Waals surface area contributed by atoms with E-state index in [-0.39, 0.29) is 18.2 Å². The van der Waals surface area contributed by atoms with E-state index in [1.54, 1.807) is 0 Å². The molecule has 1 heterocycles. The number of hydrogen-bond donors (Lipinski definition) is 8. The van der Waals surface area contributed by atoms with Gasteiger partial charge in [0.1, 0.15) is 36.5 Å². The van der Waals surface area contributed by atoms with Crippen molar-refractivity contribution < 1.29 is 54.2 Å². The number of nitrogens with one attached hydrogen (secondary N) is 3. The molecule has 0 aromatic rings. The number of aliphatic carboxylic acids is 1. The Kier molecular flexibility index (Phi) is 31.8. The fourth-order valence-electron chi connectivity index (χ4n) is 7.55. The van der Waals surface area contributed by atoms with E-state index in [1.807, 2.05) is 0 Å². The molecule has 1 aliphatic rings. The molecule has 0 saturated carbocycles. The molecule has 8 atom stereocenters. The highest BCUT2D eigenvalue weighted by Crippen LogP contribution is 2.24. The topological polar surface area (TPSA) is 224 Å². The van der Waals surface area contributed by atoms with Crippen molar-refractivity contribution in [3.8, 4) is 0 Å². The minimum Gasteiger partial charge on any atom is -0.481 e. The summed E-state index contributed by atoms with van der Waals surface area (Å²) in [6.45, 7) is 3.22. The quantitative estimate of drug-likeness (QED) is 0.0350. The number of aliphatic hydroxyl groups excluding tert-OH is 4. The van der Waals surface area contributed by atoms with E-state index in [9.17, 15) is 44.7 Å². The largest absolute Gasteiger partial charge is 0.481 e. The normalized spacial score (nSPS) is 20.9. The van der Waals surface area contributed by atoms with Gasteiger partial charge in [0, 0.05) is 19.4 Å². The fraction of sp³-hybridized carbons (Fsp3) is 0.909. The molecule has 8 N–H and O–H groups in total. The van der Waals surface area contributed by atoms with Gasteiger partial charge in [0.15, 0.2) is 6.29 Å². The van der Waals surface area contributed by atoms with Crippen LogP contribution in [-0.2, 0) is 28.7 Å². The van der Waals surface area contributed by atoms with Crippen LogP contribution in [0.3, 0.4) is 0 Å². The molecule has 0 spiro atoms. The van der Waals surface area contributed by atoms with Crippen molar-refractivity contribution >= 4 is 23.7 Å². The minimum atomic E-state index is -1.73. The average molecular weight is 830 g/mol. The zero-order valence-electron chi connectivity index (χ0n) is 36.3. The van der Waals surface area contributed by atoms with Crippen LogP contribution < -0.4 is 16.0 Å². The van der Waals surface area contributed by atoms with Crippen LogP contribution in [0.15, 0.2) is 0 Å². The van der Waals surface area contributed by atoms with Crippen molar-refractivity contribution in [3.05, 3.63) is 0 Å². The van der Waals surface area contributed by atoms with Gasteiger partial charge in [-0.05, 0) is 19.3 Å². The molecule has 14 nitrogen and oxygen atoms in total. The molecule has 0 bridgehead atoms. The number of ether oxygens (including phenoxy) is 2. The minimum absolute atomic E-state index is 0.199. The molecule has 0 radical (unpaired) electrons. The van der Waals surface area contributed by atoms with E-state index in [1.165, 1.54) is 103 Å². The number of aliphatic hydroxyl groups is 4. The summed E-state index contributed by atoms with van der Waals surface area (Å²) in [7, 11) is 1.36. The van der Waals surface area contributed by atoms with Gasteiger partial charge in [0.25, 0.3) is 0 Å². The summed E-state index contributed by atoms with van der Waals surface area (Å²) in [6, 6.07) is -2.60. The zero-order valence-corrected chi connectivity index (χ0v) is 36.3. The van der Waals surface area contributed by atoms with Crippen molar-refractivity contribution in [2.75, 3.05) is 20.3 Å². The molecule has 1 unspecified atom stereocenters. The Morgan fingerprint density at radius 1 is 0.569 bits per heavy atom. The Balaban J connectivity index is 2.98. The Morgan fingerprint density at radius 3 is 1.41 bits per heavy atom. The summed E-state index contributed by atoms with van der Waals surface area (Å²) in [5.74, 6) is -3.31. The van der Waals surface area contributed by atoms with Gasteiger partial charge in [-0.2, -0.15) is 0 Å². The lowest BCUT2D eigenvalue weighted by Crippen LogP contribution is -2.60. The Bertz CT molecular complexity index is 1080. The van der Waals surface area contributed by atoms with Crippen molar-refractivity contribution in [2.24, 2.45) is 5.92 Å². The van der Waals surface area contributed by atoms with Gasteiger partial charge >= 0.3 is 5.97 Å². The standard InChI is InChI=1S/C44H83N3O11/c1-4-6-8-10-12-14-16-18-20-22-24-26-28-33(27-25-23-21-19-17-15-13-11-9-7-5-2)41(54)47-35(43(56)46-34(42(55)45-3)29-30-37(49)50)32-57-44-40(53)39(52)38(51)36(31-48)58-44/h33-36,38-40,44,48,51-53H,4-32H2,1-3H3,(H,45,55)(H,46,56)(H,47,54)(H,49,50)/t33?,34-,35-,36+,38+,39-,40-,44-/m0/s1. The number of carbonyl (C=O) groups excluding carboxylic acids is 3. The predicted molar refractivity (Wildman–Crippen MR) is 225 cm³/mol. The van der Waals surface area contributed by atoms with Crippen molar-refractivity contribution in [3.63, 3.8) is 0 Å². The van der Waals surface area contributed by atoms with Crippen LogP contribution in [0.2, 0.25) is 0 Å². The first-order chi connectivity index (χ1) is 28.0. The number of carboxylic acid groups (broad SMARTS) is 1. The zero-order chi connectivity index (χ0) is 43.0. The fourth-order valence-corrected chi connectivity index (χ4v) is 7.55. The number of amides is 3. The third-order valence-electron chi connectivity index (χ3n) is 11.4. The van der Waals surface area contributed by atoms with Crippen LogP contribution in [0.4, 0.5) is 0 Å². The molecule has 1 rings (SSSR count). The highest BCUT2D eigenvalue weighted by Gasteiger charge is 2.44. The first-order valence-electron chi connectivity index (χ1n) is 23.0. The molecule has 58 heavy (non-hydrogen) atoms. The van der Waals surface area contributed by atoms with Crippen LogP contribution in [-0.4, -0.2) is 112 Å². The first kappa shape index (κ1) is 53.7. The highest BCUT2D eigenvalue weighted by molar-refractivity contribution is 5.92. The first-order valence-corrected chi connectivity index (χ1v) is 23.0. The molecule has 0 aromatic carbocycles. The van der Waals surface area contributed by atoms with Crippen LogP contribution in [0.5, 0.6) is 0 Å². The number of likely N-dealkylation sites (N-methyl/N-ethyl adjacent to an activating group) is 1. The van der Waals surface area contributed by atoms with Gasteiger partial charge < -0.3 is 51.0 Å². The van der Waals surface area contributed by atoms with Gasteiger partial charge in [-0.3, -0.25) is 19.2 Å². The molecule has 1 saturated heterocycles. The summed E-state index contributed by atoms with van der Waals surface area (Å²) < 4.78 is 11.2. The molecular formula is C44H83N3O11. The van der Waals surface area contributed by atoms with E-state index in [2.05, 4.69) is 29.8 Å². The molecule has 340 valence electrons. The maximum atomic E-state index is 14.0. The summed E-state index contributed by atoms with van der Waals surface area (Å²) in [5.41, 5.74) is 0. The lowest BCUT2D eigenvalue weighted by Gasteiger charge is -2.40. The second-order valence-electron chi connectivity index (χ2n) is 16.4. The van der Waals surface area contributed by atoms with Crippen LogP contribution in [0, 0.1) is 5.92 Å². The van der Waals surface area contributed by atoms with E-state index in [4.69, 9.17) is 9.47 Å². The summed E-state index contributed by atoms with van der Waals surface area (Å²) in [5, 5.41) is 57.6.